The lowest BCUT2D eigenvalue weighted by Gasteiger charge is -2.24. The molecule has 360 valence electrons. The van der Waals surface area contributed by atoms with Gasteiger partial charge in [0.25, 0.3) is 0 Å². The SMILES string of the molecule is CC/C=C/C=C/C=C\C=C/C=C/CCCCCC(=O)OC(CCCC/C=C\C/C=C\C/C=C\CCCCC)CC(=O)NC(CO)C(O)CCCCCCCCCCCCCCCC. The molecule has 3 atom stereocenters. The lowest BCUT2D eigenvalue weighted by Crippen LogP contribution is -2.46. The molecule has 0 aliphatic rings. The van der Waals surface area contributed by atoms with Crippen LogP contribution in [0, 0.1) is 0 Å². The van der Waals surface area contributed by atoms with Gasteiger partial charge in [-0.25, -0.2) is 0 Å². The first-order valence-corrected chi connectivity index (χ1v) is 26.0. The first-order chi connectivity index (χ1) is 31.0. The van der Waals surface area contributed by atoms with Gasteiger partial charge in [0.2, 0.25) is 5.91 Å². The van der Waals surface area contributed by atoms with E-state index in [1.165, 1.54) is 96.3 Å². The van der Waals surface area contributed by atoms with Crippen molar-refractivity contribution in [3.8, 4) is 0 Å². The Labute approximate surface area is 388 Å². The van der Waals surface area contributed by atoms with Gasteiger partial charge in [-0.15, -0.1) is 0 Å². The summed E-state index contributed by atoms with van der Waals surface area (Å²) in [5.74, 6) is -0.567. The van der Waals surface area contributed by atoms with E-state index in [4.69, 9.17) is 4.74 Å². The van der Waals surface area contributed by atoms with E-state index in [0.717, 1.165) is 83.5 Å². The number of aliphatic hydroxyl groups is 2. The van der Waals surface area contributed by atoms with Crippen LogP contribution in [-0.4, -0.2) is 46.9 Å². The third kappa shape index (κ3) is 45.2. The number of carbonyl (C=O) groups excluding carboxylic acids is 2. The van der Waals surface area contributed by atoms with Gasteiger partial charge in [0.05, 0.1) is 25.2 Å². The van der Waals surface area contributed by atoms with Gasteiger partial charge in [-0.3, -0.25) is 9.59 Å². The molecule has 1 amide bonds. The van der Waals surface area contributed by atoms with Crippen LogP contribution in [0.3, 0.4) is 0 Å². The fourth-order valence-corrected chi connectivity index (χ4v) is 7.34. The summed E-state index contributed by atoms with van der Waals surface area (Å²) < 4.78 is 5.90. The summed E-state index contributed by atoms with van der Waals surface area (Å²) in [7, 11) is 0. The molecule has 0 aromatic carbocycles. The second-order valence-corrected chi connectivity index (χ2v) is 17.3. The van der Waals surface area contributed by atoms with Gasteiger partial charge in [0.15, 0.2) is 0 Å². The fraction of sp³-hybridized carbons (Fsp3) is 0.684. The van der Waals surface area contributed by atoms with Crippen molar-refractivity contribution in [2.45, 2.75) is 244 Å². The van der Waals surface area contributed by atoms with Gasteiger partial charge >= 0.3 is 5.97 Å². The number of hydrogen-bond donors (Lipinski definition) is 3. The number of hydrogen-bond acceptors (Lipinski definition) is 5. The molecule has 0 bridgehead atoms. The maximum Gasteiger partial charge on any atom is 0.306 e. The van der Waals surface area contributed by atoms with E-state index < -0.39 is 18.2 Å². The number of esters is 1. The molecular weight excluding hydrogens is 779 g/mol. The van der Waals surface area contributed by atoms with Crippen LogP contribution in [0.2, 0.25) is 0 Å². The maximum absolute atomic E-state index is 13.2. The molecule has 0 radical (unpaired) electrons. The zero-order valence-corrected chi connectivity index (χ0v) is 40.9. The van der Waals surface area contributed by atoms with E-state index in [0.29, 0.717) is 19.3 Å². The van der Waals surface area contributed by atoms with E-state index >= 15 is 0 Å². The van der Waals surface area contributed by atoms with Gasteiger partial charge in [-0.05, 0) is 83.5 Å². The highest BCUT2D eigenvalue weighted by Gasteiger charge is 2.24. The standard InChI is InChI=1S/C57H97NO5/c1-4-7-10-13-16-19-22-25-28-30-33-36-39-42-45-48-53(63-57(62)50-47-44-41-38-35-32-29-26-23-20-17-14-11-8-5-2)51-56(61)58-54(52-59)55(60)49-46-43-40-37-34-31-27-24-21-18-15-12-9-6-3/h8,11,14,16-17,19-20,23,25-26,28-29,32-33,35-36,53-55,59-60H,4-7,9-10,12-13,15,18,21-22,24,27,30-31,34,37-52H2,1-3H3,(H,58,61)/b11-8+,17-14+,19-16-,23-20-,28-25-,29-26-,35-32+,36-33-. The monoisotopic (exact) mass is 876 g/mol. The average molecular weight is 876 g/mol. The lowest BCUT2D eigenvalue weighted by molar-refractivity contribution is -0.151. The Morgan fingerprint density at radius 2 is 0.921 bits per heavy atom. The van der Waals surface area contributed by atoms with E-state index in [1.807, 2.05) is 42.5 Å². The second-order valence-electron chi connectivity index (χ2n) is 17.3. The van der Waals surface area contributed by atoms with Crippen LogP contribution in [0.15, 0.2) is 97.2 Å². The molecule has 0 rings (SSSR count). The summed E-state index contributed by atoms with van der Waals surface area (Å²) in [6.07, 6.45) is 66.0. The van der Waals surface area contributed by atoms with Crippen LogP contribution >= 0.6 is 0 Å². The van der Waals surface area contributed by atoms with Crippen molar-refractivity contribution in [1.82, 2.24) is 5.32 Å². The summed E-state index contributed by atoms with van der Waals surface area (Å²) in [4.78, 5) is 26.1. The predicted molar refractivity (Wildman–Crippen MR) is 273 cm³/mol. The minimum Gasteiger partial charge on any atom is -0.462 e. The summed E-state index contributed by atoms with van der Waals surface area (Å²) in [6.45, 7) is 6.29. The third-order valence-electron chi connectivity index (χ3n) is 11.3. The van der Waals surface area contributed by atoms with Gasteiger partial charge in [0, 0.05) is 6.42 Å². The molecule has 0 spiro atoms. The first kappa shape index (κ1) is 59.8. The first-order valence-electron chi connectivity index (χ1n) is 26.0. The molecule has 6 nitrogen and oxygen atoms in total. The zero-order chi connectivity index (χ0) is 45.9. The molecule has 0 fully saturated rings. The van der Waals surface area contributed by atoms with Crippen molar-refractivity contribution in [2.24, 2.45) is 0 Å². The highest BCUT2D eigenvalue weighted by atomic mass is 16.5. The predicted octanol–water partition coefficient (Wildman–Crippen LogP) is 15.7. The molecule has 0 heterocycles. The largest absolute Gasteiger partial charge is 0.462 e. The Bertz CT molecular complexity index is 1260. The number of carbonyl (C=O) groups is 2. The second kappa shape index (κ2) is 49.8. The van der Waals surface area contributed by atoms with Crippen LogP contribution in [0.1, 0.15) is 226 Å². The molecule has 0 aliphatic carbocycles. The number of nitrogens with one attached hydrogen (secondary N) is 1. The van der Waals surface area contributed by atoms with Crippen LogP contribution < -0.4 is 5.32 Å². The molecular formula is C57H97NO5. The number of unbranched alkanes of at least 4 members (excludes halogenated alkanes) is 21. The van der Waals surface area contributed by atoms with Crippen LogP contribution in [-0.2, 0) is 14.3 Å². The molecule has 63 heavy (non-hydrogen) atoms. The van der Waals surface area contributed by atoms with Crippen molar-refractivity contribution < 1.29 is 24.5 Å². The summed E-state index contributed by atoms with van der Waals surface area (Å²) in [5, 5.41) is 23.8. The Morgan fingerprint density at radius 1 is 0.492 bits per heavy atom. The van der Waals surface area contributed by atoms with Gasteiger partial charge in [0.1, 0.15) is 6.10 Å². The fourth-order valence-electron chi connectivity index (χ4n) is 7.34. The molecule has 3 unspecified atom stereocenters. The molecule has 0 aromatic heterocycles. The minimum absolute atomic E-state index is 0.0290. The van der Waals surface area contributed by atoms with Gasteiger partial charge in [-0.1, -0.05) is 227 Å². The maximum atomic E-state index is 13.2. The molecule has 0 saturated heterocycles. The van der Waals surface area contributed by atoms with Crippen LogP contribution in [0.25, 0.3) is 0 Å². The topological polar surface area (TPSA) is 95.9 Å². The zero-order valence-electron chi connectivity index (χ0n) is 40.9. The summed E-state index contributed by atoms with van der Waals surface area (Å²) in [5.41, 5.74) is 0. The van der Waals surface area contributed by atoms with Crippen LogP contribution in [0.5, 0.6) is 0 Å². The van der Waals surface area contributed by atoms with E-state index in [2.05, 4.69) is 80.8 Å². The van der Waals surface area contributed by atoms with Gasteiger partial charge < -0.3 is 20.3 Å². The number of amides is 1. The Kier molecular flexibility index (Phi) is 47.2. The minimum atomic E-state index is -0.811. The van der Waals surface area contributed by atoms with Crippen molar-refractivity contribution in [3.05, 3.63) is 97.2 Å². The Hall–Kier alpha value is -3.22. The van der Waals surface area contributed by atoms with Crippen molar-refractivity contribution in [2.75, 3.05) is 6.61 Å². The van der Waals surface area contributed by atoms with Crippen molar-refractivity contribution in [1.29, 1.82) is 0 Å². The van der Waals surface area contributed by atoms with E-state index in [1.54, 1.807) is 0 Å². The number of aliphatic hydroxyl groups excluding tert-OH is 2. The van der Waals surface area contributed by atoms with E-state index in [9.17, 15) is 19.8 Å². The van der Waals surface area contributed by atoms with Gasteiger partial charge in [-0.2, -0.15) is 0 Å². The summed E-state index contributed by atoms with van der Waals surface area (Å²) >= 11 is 0. The third-order valence-corrected chi connectivity index (χ3v) is 11.3. The number of allylic oxidation sites excluding steroid dienone is 16. The van der Waals surface area contributed by atoms with Crippen molar-refractivity contribution in [3.63, 3.8) is 0 Å². The number of rotatable bonds is 45. The van der Waals surface area contributed by atoms with E-state index in [-0.39, 0.29) is 24.9 Å². The smallest absolute Gasteiger partial charge is 0.306 e. The Balaban J connectivity index is 4.74. The highest BCUT2D eigenvalue weighted by molar-refractivity contribution is 5.77. The molecule has 0 aliphatic heterocycles. The van der Waals surface area contributed by atoms with Crippen LogP contribution in [0.4, 0.5) is 0 Å². The van der Waals surface area contributed by atoms with Crippen molar-refractivity contribution >= 4 is 11.9 Å². The summed E-state index contributed by atoms with van der Waals surface area (Å²) in [6, 6.07) is -0.729. The molecule has 3 N–H and O–H groups in total. The molecule has 0 saturated carbocycles. The molecule has 6 heteroatoms. The number of ether oxygens (including phenoxy) is 1. The highest BCUT2D eigenvalue weighted by Crippen LogP contribution is 2.17. The molecule has 0 aromatic rings. The lowest BCUT2D eigenvalue weighted by atomic mass is 10.0. The normalized spacial score (nSPS) is 14.0. The quantitative estimate of drug-likeness (QED) is 0.0245. The average Bonchev–Trinajstić information content (AvgIpc) is 3.28. The Morgan fingerprint density at radius 3 is 1.48 bits per heavy atom.